The Labute approximate surface area is 119 Å². The van der Waals surface area contributed by atoms with Crippen LogP contribution in [-0.2, 0) is 0 Å². The topological polar surface area (TPSA) is 98.2 Å². The van der Waals surface area contributed by atoms with Gasteiger partial charge in [0.1, 0.15) is 12.1 Å². The quantitative estimate of drug-likeness (QED) is 0.762. The van der Waals surface area contributed by atoms with Gasteiger partial charge < -0.3 is 15.5 Å². The molecule has 0 aliphatic heterocycles. The second-order valence-electron chi connectivity index (χ2n) is 4.41. The molecule has 0 atom stereocenters. The second-order valence-corrected chi connectivity index (χ2v) is 4.41. The number of aromatic nitrogens is 2. The monoisotopic (exact) mass is 280 g/mol. The summed E-state index contributed by atoms with van der Waals surface area (Å²) in [6.07, 6.45) is 1.34. The van der Waals surface area contributed by atoms with Crippen molar-refractivity contribution in [2.75, 3.05) is 5.32 Å². The van der Waals surface area contributed by atoms with Crippen molar-refractivity contribution in [1.82, 2.24) is 9.97 Å². The summed E-state index contributed by atoms with van der Waals surface area (Å²) in [4.78, 5) is 19.2. The molecule has 2 aromatic carbocycles. The Morgan fingerprint density at radius 1 is 1.14 bits per heavy atom. The van der Waals surface area contributed by atoms with E-state index in [2.05, 4.69) is 15.3 Å². The van der Waals surface area contributed by atoms with Gasteiger partial charge in [0.2, 0.25) is 0 Å². The highest BCUT2D eigenvalue weighted by Crippen LogP contribution is 2.24. The van der Waals surface area contributed by atoms with Crippen LogP contribution in [0.5, 0.6) is 5.75 Å². The van der Waals surface area contributed by atoms with E-state index >= 15 is 0 Å². The third kappa shape index (κ3) is 2.59. The van der Waals surface area contributed by atoms with Gasteiger partial charge in [0.05, 0.1) is 11.1 Å². The molecule has 0 aliphatic carbocycles. The number of fused-ring (bicyclic) bond motifs is 1. The van der Waals surface area contributed by atoms with Crippen LogP contribution in [0, 0.1) is 0 Å². The van der Waals surface area contributed by atoms with Gasteiger partial charge in [-0.15, -0.1) is 5.75 Å². The van der Waals surface area contributed by atoms with Crippen molar-refractivity contribution >= 4 is 28.4 Å². The summed E-state index contributed by atoms with van der Waals surface area (Å²) in [5.74, 6) is -0.599. The minimum Gasteiger partial charge on any atom is -0.872 e. The summed E-state index contributed by atoms with van der Waals surface area (Å²) in [5.41, 5.74) is 1.30. The number of carboxylic acid groups (broad SMARTS) is 1. The van der Waals surface area contributed by atoms with Crippen molar-refractivity contribution in [1.29, 1.82) is 0 Å². The first-order valence-corrected chi connectivity index (χ1v) is 6.15. The fraction of sp³-hybridized carbons (Fsp3) is 0. The highest BCUT2D eigenvalue weighted by molar-refractivity contribution is 5.97. The first-order chi connectivity index (χ1) is 10.1. The molecule has 0 saturated carbocycles. The summed E-state index contributed by atoms with van der Waals surface area (Å²) in [7, 11) is 0. The average molecular weight is 280 g/mol. The van der Waals surface area contributed by atoms with Crippen molar-refractivity contribution in [2.24, 2.45) is 0 Å². The van der Waals surface area contributed by atoms with Crippen molar-refractivity contribution in [3.63, 3.8) is 0 Å². The Kier molecular flexibility index (Phi) is 3.12. The van der Waals surface area contributed by atoms with Gasteiger partial charge in [-0.3, -0.25) is 0 Å². The van der Waals surface area contributed by atoms with Crippen LogP contribution in [0.1, 0.15) is 10.4 Å². The van der Waals surface area contributed by atoms with E-state index in [0.717, 1.165) is 0 Å². The molecule has 6 nitrogen and oxygen atoms in total. The molecule has 0 unspecified atom stereocenters. The number of nitrogens with one attached hydrogen (secondary N) is 1. The molecule has 6 heteroatoms. The molecule has 3 aromatic rings. The van der Waals surface area contributed by atoms with Gasteiger partial charge in [-0.2, -0.15) is 0 Å². The van der Waals surface area contributed by atoms with Gasteiger partial charge in [-0.05, 0) is 30.3 Å². The maximum absolute atomic E-state index is 11.3. The van der Waals surface area contributed by atoms with E-state index in [-0.39, 0.29) is 11.3 Å². The SMILES string of the molecule is O=C(O)c1ccc2c(Nc3cccc([O-])c3)ncnc2c1. The summed E-state index contributed by atoms with van der Waals surface area (Å²) >= 11 is 0. The zero-order chi connectivity index (χ0) is 14.8. The molecule has 0 radical (unpaired) electrons. The Bertz CT molecular complexity index is 833. The lowest BCUT2D eigenvalue weighted by Crippen LogP contribution is -1.99. The predicted octanol–water partition coefficient (Wildman–Crippen LogP) is 2.15. The van der Waals surface area contributed by atoms with Crippen molar-refractivity contribution in [2.45, 2.75) is 0 Å². The van der Waals surface area contributed by atoms with Crippen LogP contribution in [0.3, 0.4) is 0 Å². The Morgan fingerprint density at radius 3 is 2.76 bits per heavy atom. The van der Waals surface area contributed by atoms with Crippen LogP contribution in [0.2, 0.25) is 0 Å². The van der Waals surface area contributed by atoms with Crippen LogP contribution in [0.25, 0.3) is 10.9 Å². The fourth-order valence-electron chi connectivity index (χ4n) is 2.00. The van der Waals surface area contributed by atoms with Crippen LogP contribution in [0.15, 0.2) is 48.8 Å². The number of hydrogen-bond donors (Lipinski definition) is 2. The van der Waals surface area contributed by atoms with Gasteiger partial charge in [0, 0.05) is 11.1 Å². The number of hydrogen-bond acceptors (Lipinski definition) is 5. The van der Waals surface area contributed by atoms with Crippen molar-refractivity contribution in [3.05, 3.63) is 54.4 Å². The van der Waals surface area contributed by atoms with E-state index in [9.17, 15) is 9.90 Å². The molecule has 0 aliphatic rings. The first kappa shape index (κ1) is 12.9. The maximum atomic E-state index is 11.3. The standard InChI is InChI=1S/C15H11N3O3/c19-11-3-1-2-10(7-11)18-14-12-5-4-9(15(20)21)6-13(12)16-8-17-14/h1-8,19H,(H,20,21)(H,16,17,18)/p-1. The van der Waals surface area contributed by atoms with Gasteiger partial charge in [-0.25, -0.2) is 14.8 Å². The molecule has 1 heterocycles. The minimum absolute atomic E-state index is 0.105. The molecule has 21 heavy (non-hydrogen) atoms. The van der Waals surface area contributed by atoms with Gasteiger partial charge >= 0.3 is 5.97 Å². The Morgan fingerprint density at radius 2 is 2.00 bits per heavy atom. The van der Waals surface area contributed by atoms with Crippen LogP contribution >= 0.6 is 0 Å². The summed E-state index contributed by atoms with van der Waals surface area (Å²) in [5, 5.41) is 24.0. The van der Waals surface area contributed by atoms with Gasteiger partial charge in [-0.1, -0.05) is 12.1 Å². The third-order valence-electron chi connectivity index (χ3n) is 2.98. The first-order valence-electron chi connectivity index (χ1n) is 6.15. The molecule has 3 rings (SSSR count). The molecule has 2 N–H and O–H groups in total. The zero-order valence-corrected chi connectivity index (χ0v) is 10.8. The lowest BCUT2D eigenvalue weighted by atomic mass is 10.1. The lowest BCUT2D eigenvalue weighted by Gasteiger charge is -2.11. The van der Waals surface area contributed by atoms with E-state index in [1.165, 1.54) is 30.6 Å². The van der Waals surface area contributed by atoms with Crippen LogP contribution in [0.4, 0.5) is 11.5 Å². The Balaban J connectivity index is 2.05. The number of carbonyl (C=O) groups is 1. The minimum atomic E-state index is -1.01. The predicted molar refractivity (Wildman–Crippen MR) is 75.7 cm³/mol. The molecule has 0 fully saturated rings. The third-order valence-corrected chi connectivity index (χ3v) is 2.98. The summed E-state index contributed by atoms with van der Waals surface area (Å²) in [6, 6.07) is 10.9. The number of nitrogens with zero attached hydrogens (tertiary/aromatic N) is 2. The van der Waals surface area contributed by atoms with Crippen molar-refractivity contribution < 1.29 is 15.0 Å². The molecule has 0 spiro atoms. The summed E-state index contributed by atoms with van der Waals surface area (Å²) < 4.78 is 0. The fourth-order valence-corrected chi connectivity index (χ4v) is 2.00. The average Bonchev–Trinajstić information content (AvgIpc) is 2.47. The van der Waals surface area contributed by atoms with Crippen molar-refractivity contribution in [3.8, 4) is 5.75 Å². The van der Waals surface area contributed by atoms with E-state index in [1.807, 2.05) is 0 Å². The van der Waals surface area contributed by atoms with Crippen LogP contribution < -0.4 is 10.4 Å². The molecular formula is C15H10N3O3-. The number of rotatable bonds is 3. The molecule has 104 valence electrons. The molecular weight excluding hydrogens is 270 g/mol. The number of anilines is 2. The van der Waals surface area contributed by atoms with Crippen LogP contribution in [-0.4, -0.2) is 21.0 Å². The summed E-state index contributed by atoms with van der Waals surface area (Å²) in [6.45, 7) is 0. The van der Waals surface area contributed by atoms with Gasteiger partial charge in [0.15, 0.2) is 0 Å². The van der Waals surface area contributed by atoms with Gasteiger partial charge in [0.25, 0.3) is 0 Å². The Hall–Kier alpha value is -3.15. The second kappa shape index (κ2) is 5.09. The normalized spacial score (nSPS) is 10.5. The smallest absolute Gasteiger partial charge is 0.335 e. The molecule has 0 saturated heterocycles. The highest BCUT2D eigenvalue weighted by Gasteiger charge is 2.08. The molecule has 0 amide bonds. The number of aromatic carboxylic acids is 1. The number of benzene rings is 2. The van der Waals surface area contributed by atoms with E-state index in [0.29, 0.717) is 22.4 Å². The van der Waals surface area contributed by atoms with E-state index in [1.54, 1.807) is 18.2 Å². The highest BCUT2D eigenvalue weighted by atomic mass is 16.4. The maximum Gasteiger partial charge on any atom is 0.335 e. The molecule has 0 bridgehead atoms. The largest absolute Gasteiger partial charge is 0.872 e. The zero-order valence-electron chi connectivity index (χ0n) is 10.8. The van der Waals surface area contributed by atoms with E-state index < -0.39 is 5.97 Å². The lowest BCUT2D eigenvalue weighted by molar-refractivity contribution is -0.268. The number of carboxylic acids is 1. The molecule has 1 aromatic heterocycles. The van der Waals surface area contributed by atoms with E-state index in [4.69, 9.17) is 5.11 Å².